The van der Waals surface area contributed by atoms with Crippen molar-refractivity contribution in [3.05, 3.63) is 65.0 Å². The summed E-state index contributed by atoms with van der Waals surface area (Å²) in [6, 6.07) is 12.1. The molecule has 5 nitrogen and oxygen atoms in total. The lowest BCUT2D eigenvalue weighted by molar-refractivity contribution is -0.129. The number of esters is 1. The molecule has 0 bridgehead atoms. The van der Waals surface area contributed by atoms with E-state index in [0.29, 0.717) is 24.5 Å². The van der Waals surface area contributed by atoms with Gasteiger partial charge in [0.1, 0.15) is 11.2 Å². The summed E-state index contributed by atoms with van der Waals surface area (Å²) in [5.41, 5.74) is 3.40. The van der Waals surface area contributed by atoms with E-state index in [4.69, 9.17) is 4.74 Å². The zero-order valence-electron chi connectivity index (χ0n) is 17.1. The number of para-hydroxylation sites is 1. The van der Waals surface area contributed by atoms with E-state index < -0.39 is 0 Å². The summed E-state index contributed by atoms with van der Waals surface area (Å²) in [4.78, 5) is 29.3. The molecular formula is C23H25FN2O3S. The van der Waals surface area contributed by atoms with Crippen LogP contribution < -0.4 is 4.90 Å². The number of ether oxygens (including phenoxy) is 1. The number of aryl methyl sites for hydroxylation is 1. The van der Waals surface area contributed by atoms with Gasteiger partial charge in [0.15, 0.2) is 0 Å². The highest BCUT2D eigenvalue weighted by molar-refractivity contribution is 8.00. The molecule has 30 heavy (non-hydrogen) atoms. The van der Waals surface area contributed by atoms with Gasteiger partial charge in [0.25, 0.3) is 0 Å². The molecule has 0 saturated carbocycles. The monoisotopic (exact) mass is 428 g/mol. The van der Waals surface area contributed by atoms with Gasteiger partial charge in [-0.05, 0) is 49.6 Å². The standard InChI is InChI=1S/C23H25FN2O3S/c1-3-29-23(28)19-6-4-5-15(2)21(19)25-12-11-18(13-25)26-20(27)14-30-22(26)16-7-9-17(24)10-8-16/h4-10,18,22H,3,11-14H2,1-2H3. The van der Waals surface area contributed by atoms with Crippen LogP contribution >= 0.6 is 11.8 Å². The maximum atomic E-state index is 13.4. The van der Waals surface area contributed by atoms with Gasteiger partial charge in [0.05, 0.1) is 29.7 Å². The number of nitrogens with zero attached hydrogens (tertiary/aromatic N) is 2. The van der Waals surface area contributed by atoms with Crippen LogP contribution in [0.5, 0.6) is 0 Å². The third kappa shape index (κ3) is 3.90. The molecule has 0 aromatic heterocycles. The van der Waals surface area contributed by atoms with Crippen molar-refractivity contribution in [3.63, 3.8) is 0 Å². The Balaban J connectivity index is 1.58. The van der Waals surface area contributed by atoms with Gasteiger partial charge >= 0.3 is 5.97 Å². The SMILES string of the molecule is CCOC(=O)c1cccc(C)c1N1CCC(N2C(=O)CSC2c2ccc(F)cc2)C1. The number of rotatable bonds is 5. The third-order valence-electron chi connectivity index (χ3n) is 5.67. The predicted molar refractivity (Wildman–Crippen MR) is 116 cm³/mol. The summed E-state index contributed by atoms with van der Waals surface area (Å²) in [6.07, 6.45) is 0.820. The van der Waals surface area contributed by atoms with E-state index in [9.17, 15) is 14.0 Å². The highest BCUT2D eigenvalue weighted by Crippen LogP contribution is 2.42. The highest BCUT2D eigenvalue weighted by atomic mass is 32.2. The van der Waals surface area contributed by atoms with E-state index in [-0.39, 0.29) is 29.1 Å². The fourth-order valence-corrected chi connectivity index (χ4v) is 5.59. The Hall–Kier alpha value is -2.54. The van der Waals surface area contributed by atoms with Crippen LogP contribution in [0.4, 0.5) is 10.1 Å². The fourth-order valence-electron chi connectivity index (χ4n) is 4.34. The van der Waals surface area contributed by atoms with Crippen molar-refractivity contribution in [2.45, 2.75) is 31.7 Å². The van der Waals surface area contributed by atoms with Gasteiger partial charge in [-0.25, -0.2) is 9.18 Å². The van der Waals surface area contributed by atoms with Crippen LogP contribution in [0.25, 0.3) is 0 Å². The zero-order valence-corrected chi connectivity index (χ0v) is 18.0. The molecule has 2 aromatic rings. The van der Waals surface area contributed by atoms with Crippen LogP contribution in [0.3, 0.4) is 0 Å². The first-order chi connectivity index (χ1) is 14.5. The first-order valence-corrected chi connectivity index (χ1v) is 11.2. The Bertz CT molecular complexity index is 950. The molecule has 0 N–H and O–H groups in total. The van der Waals surface area contributed by atoms with Gasteiger partial charge in [0, 0.05) is 13.1 Å². The molecule has 2 atom stereocenters. The lowest BCUT2D eigenvalue weighted by atomic mass is 10.1. The number of hydrogen-bond acceptors (Lipinski definition) is 5. The van der Waals surface area contributed by atoms with Crippen molar-refractivity contribution in [1.29, 1.82) is 0 Å². The van der Waals surface area contributed by atoms with E-state index in [1.54, 1.807) is 36.9 Å². The minimum Gasteiger partial charge on any atom is -0.462 e. The van der Waals surface area contributed by atoms with E-state index in [2.05, 4.69) is 4.90 Å². The Morgan fingerprint density at radius 1 is 1.23 bits per heavy atom. The second kappa shape index (κ2) is 8.68. The summed E-state index contributed by atoms with van der Waals surface area (Å²) < 4.78 is 18.6. The minimum atomic E-state index is -0.323. The van der Waals surface area contributed by atoms with Crippen LogP contribution in [-0.2, 0) is 9.53 Å². The molecule has 2 aliphatic heterocycles. The second-order valence-corrected chi connectivity index (χ2v) is 8.66. The lowest BCUT2D eigenvalue weighted by Gasteiger charge is -2.31. The van der Waals surface area contributed by atoms with E-state index in [1.165, 1.54) is 12.1 Å². The number of carbonyl (C=O) groups excluding carboxylic acids is 2. The van der Waals surface area contributed by atoms with Crippen LogP contribution in [0.1, 0.15) is 40.2 Å². The van der Waals surface area contributed by atoms with E-state index >= 15 is 0 Å². The number of benzene rings is 2. The molecule has 2 aliphatic rings. The molecule has 158 valence electrons. The molecule has 2 saturated heterocycles. The first kappa shape index (κ1) is 20.7. The molecule has 2 aromatic carbocycles. The lowest BCUT2D eigenvalue weighted by Crippen LogP contribution is -2.40. The number of halogens is 1. The normalized spacial score (nSPS) is 21.4. The van der Waals surface area contributed by atoms with Crippen molar-refractivity contribution in [1.82, 2.24) is 4.90 Å². The van der Waals surface area contributed by atoms with Gasteiger partial charge < -0.3 is 14.5 Å². The Kier molecular flexibility index (Phi) is 5.99. The van der Waals surface area contributed by atoms with Crippen molar-refractivity contribution in [3.8, 4) is 0 Å². The van der Waals surface area contributed by atoms with Gasteiger partial charge in [-0.1, -0.05) is 24.3 Å². The summed E-state index contributed by atoms with van der Waals surface area (Å²) in [5, 5.41) is -0.107. The number of anilines is 1. The average molecular weight is 429 g/mol. The molecular weight excluding hydrogens is 403 g/mol. The van der Waals surface area contributed by atoms with Gasteiger partial charge in [-0.15, -0.1) is 11.8 Å². The van der Waals surface area contributed by atoms with Crippen LogP contribution in [0.15, 0.2) is 42.5 Å². The maximum Gasteiger partial charge on any atom is 0.340 e. The number of hydrogen-bond donors (Lipinski definition) is 0. The average Bonchev–Trinajstić information content (AvgIpc) is 3.35. The minimum absolute atomic E-state index is 0.0391. The predicted octanol–water partition coefficient (Wildman–Crippen LogP) is 4.16. The molecule has 1 amide bonds. The maximum absolute atomic E-state index is 13.4. The number of carbonyl (C=O) groups is 2. The van der Waals surface area contributed by atoms with Crippen molar-refractivity contribution in [2.75, 3.05) is 30.3 Å². The van der Waals surface area contributed by atoms with E-state index in [1.807, 2.05) is 24.0 Å². The molecule has 2 fully saturated rings. The summed E-state index contributed by atoms with van der Waals surface area (Å²) in [6.45, 7) is 5.52. The topological polar surface area (TPSA) is 49.9 Å². The highest BCUT2D eigenvalue weighted by Gasteiger charge is 2.41. The molecule has 4 rings (SSSR count). The van der Waals surface area contributed by atoms with Gasteiger partial charge in [-0.2, -0.15) is 0 Å². The van der Waals surface area contributed by atoms with E-state index in [0.717, 1.165) is 29.8 Å². The zero-order chi connectivity index (χ0) is 21.3. The van der Waals surface area contributed by atoms with Gasteiger partial charge in [-0.3, -0.25) is 4.79 Å². The second-order valence-electron chi connectivity index (χ2n) is 7.60. The van der Waals surface area contributed by atoms with Crippen molar-refractivity contribution < 1.29 is 18.7 Å². The Morgan fingerprint density at radius 3 is 2.73 bits per heavy atom. The summed E-state index contributed by atoms with van der Waals surface area (Å²) >= 11 is 1.58. The van der Waals surface area contributed by atoms with Crippen LogP contribution in [-0.4, -0.2) is 48.3 Å². The summed E-state index contributed by atoms with van der Waals surface area (Å²) in [7, 11) is 0. The molecule has 2 heterocycles. The largest absolute Gasteiger partial charge is 0.462 e. The number of amides is 1. The quantitative estimate of drug-likeness (QED) is 0.670. The Morgan fingerprint density at radius 2 is 2.00 bits per heavy atom. The first-order valence-electron chi connectivity index (χ1n) is 10.2. The Labute approximate surface area is 180 Å². The summed E-state index contributed by atoms with van der Waals surface area (Å²) in [5.74, 6) is -0.0669. The fraction of sp³-hybridized carbons (Fsp3) is 0.391. The molecule has 2 unspecified atom stereocenters. The van der Waals surface area contributed by atoms with Crippen molar-refractivity contribution >= 4 is 29.3 Å². The molecule has 7 heteroatoms. The molecule has 0 spiro atoms. The molecule has 0 aliphatic carbocycles. The van der Waals surface area contributed by atoms with Gasteiger partial charge in [0.2, 0.25) is 5.91 Å². The molecule has 0 radical (unpaired) electrons. The van der Waals surface area contributed by atoms with Crippen molar-refractivity contribution in [2.24, 2.45) is 0 Å². The number of thioether (sulfide) groups is 1. The smallest absolute Gasteiger partial charge is 0.340 e. The third-order valence-corrected chi connectivity index (χ3v) is 6.90. The van der Waals surface area contributed by atoms with Crippen LogP contribution in [0.2, 0.25) is 0 Å². The van der Waals surface area contributed by atoms with Crippen LogP contribution in [0, 0.1) is 12.7 Å².